The minimum atomic E-state index is -3.45. The molecule has 0 spiro atoms. The maximum Gasteiger partial charge on any atom is 0.243 e. The molecule has 25 heavy (non-hydrogen) atoms. The van der Waals surface area contributed by atoms with Crippen molar-refractivity contribution in [1.82, 2.24) is 4.31 Å². The van der Waals surface area contributed by atoms with E-state index >= 15 is 0 Å². The number of likely N-dealkylation sites (N-methyl/N-ethyl adjacent to an activating group) is 1. The summed E-state index contributed by atoms with van der Waals surface area (Å²) in [6, 6.07) is 13.6. The second-order valence-corrected chi connectivity index (χ2v) is 8.36. The molecule has 0 aliphatic carbocycles. The molecule has 0 radical (unpaired) electrons. The number of nitrogens with one attached hydrogen (secondary N) is 1. The number of nitrogens with zero attached hydrogens (tertiary/aromatic N) is 1. The fourth-order valence-corrected chi connectivity index (χ4v) is 4.50. The SMILES string of the molecule is CC[NH+]1CCN(S(=O)(=O)c2ccc(Oc3ccccc3Cl)cc2)CC1. The molecule has 5 nitrogen and oxygen atoms in total. The van der Waals surface area contributed by atoms with Gasteiger partial charge in [-0.3, -0.25) is 0 Å². The molecule has 2 aromatic carbocycles. The molecule has 7 heteroatoms. The highest BCUT2D eigenvalue weighted by atomic mass is 35.5. The Balaban J connectivity index is 1.72. The molecule has 1 N–H and O–H groups in total. The summed E-state index contributed by atoms with van der Waals surface area (Å²) < 4.78 is 32.8. The van der Waals surface area contributed by atoms with Crippen LogP contribution in [-0.2, 0) is 10.0 Å². The zero-order valence-corrected chi connectivity index (χ0v) is 15.7. The third-order valence-electron chi connectivity index (χ3n) is 4.46. The van der Waals surface area contributed by atoms with E-state index in [9.17, 15) is 8.42 Å². The van der Waals surface area contributed by atoms with E-state index in [2.05, 4.69) is 6.92 Å². The van der Waals surface area contributed by atoms with Crippen molar-refractivity contribution in [3.05, 3.63) is 53.6 Å². The minimum Gasteiger partial charge on any atom is -0.456 e. The maximum atomic E-state index is 12.8. The van der Waals surface area contributed by atoms with Crippen LogP contribution in [-0.4, -0.2) is 45.4 Å². The van der Waals surface area contributed by atoms with E-state index in [1.165, 1.54) is 4.90 Å². The van der Waals surface area contributed by atoms with Gasteiger partial charge in [0, 0.05) is 0 Å². The Hall–Kier alpha value is -1.60. The van der Waals surface area contributed by atoms with Crippen LogP contribution in [0.25, 0.3) is 0 Å². The third-order valence-corrected chi connectivity index (χ3v) is 6.68. The predicted octanol–water partition coefficient (Wildman–Crippen LogP) is 2.04. The average molecular weight is 382 g/mol. The van der Waals surface area contributed by atoms with Gasteiger partial charge in [0.25, 0.3) is 0 Å². The van der Waals surface area contributed by atoms with Gasteiger partial charge in [-0.05, 0) is 43.3 Å². The zero-order chi connectivity index (χ0) is 17.9. The van der Waals surface area contributed by atoms with Crippen LogP contribution >= 0.6 is 11.6 Å². The Morgan fingerprint density at radius 2 is 1.72 bits per heavy atom. The molecule has 0 aromatic heterocycles. The highest BCUT2D eigenvalue weighted by Gasteiger charge is 2.29. The zero-order valence-electron chi connectivity index (χ0n) is 14.1. The first-order valence-electron chi connectivity index (χ1n) is 8.37. The van der Waals surface area contributed by atoms with E-state index < -0.39 is 10.0 Å². The molecule has 0 unspecified atom stereocenters. The third kappa shape index (κ3) is 4.15. The van der Waals surface area contributed by atoms with E-state index in [0.717, 1.165) is 19.6 Å². The number of sulfonamides is 1. The van der Waals surface area contributed by atoms with Crippen molar-refractivity contribution in [2.45, 2.75) is 11.8 Å². The summed E-state index contributed by atoms with van der Waals surface area (Å²) in [5.41, 5.74) is 0. The summed E-state index contributed by atoms with van der Waals surface area (Å²) in [5, 5.41) is 0.510. The lowest BCUT2D eigenvalue weighted by atomic mass is 10.3. The Morgan fingerprint density at radius 3 is 2.32 bits per heavy atom. The molecular weight excluding hydrogens is 360 g/mol. The molecule has 1 aliphatic rings. The van der Waals surface area contributed by atoms with Crippen molar-refractivity contribution in [2.75, 3.05) is 32.7 Å². The fraction of sp³-hybridized carbons (Fsp3) is 0.333. The molecule has 0 bridgehead atoms. The Bertz CT molecular complexity index is 816. The van der Waals surface area contributed by atoms with Crippen LogP contribution < -0.4 is 9.64 Å². The quantitative estimate of drug-likeness (QED) is 0.862. The second-order valence-electron chi connectivity index (χ2n) is 6.01. The van der Waals surface area contributed by atoms with Crippen LogP contribution in [0, 0.1) is 0 Å². The number of hydrogen-bond donors (Lipinski definition) is 1. The van der Waals surface area contributed by atoms with Crippen LogP contribution in [0.1, 0.15) is 6.92 Å². The molecule has 0 saturated carbocycles. The Labute approximate surface area is 153 Å². The van der Waals surface area contributed by atoms with Gasteiger partial charge in [-0.1, -0.05) is 23.7 Å². The van der Waals surface area contributed by atoms with E-state index in [0.29, 0.717) is 34.5 Å². The summed E-state index contributed by atoms with van der Waals surface area (Å²) >= 11 is 6.07. The van der Waals surface area contributed by atoms with Crippen molar-refractivity contribution in [2.24, 2.45) is 0 Å². The van der Waals surface area contributed by atoms with Gasteiger partial charge >= 0.3 is 0 Å². The lowest BCUT2D eigenvalue weighted by molar-refractivity contribution is -0.901. The molecule has 1 aliphatic heterocycles. The van der Waals surface area contributed by atoms with Crippen molar-refractivity contribution in [3.8, 4) is 11.5 Å². The second kappa shape index (κ2) is 7.74. The molecule has 0 amide bonds. The van der Waals surface area contributed by atoms with Gasteiger partial charge in [-0.15, -0.1) is 0 Å². The lowest BCUT2D eigenvalue weighted by Gasteiger charge is -2.30. The number of quaternary nitrogens is 1. The highest BCUT2D eigenvalue weighted by molar-refractivity contribution is 7.89. The summed E-state index contributed by atoms with van der Waals surface area (Å²) in [5.74, 6) is 1.09. The van der Waals surface area contributed by atoms with Crippen LogP contribution in [0.5, 0.6) is 11.5 Å². The van der Waals surface area contributed by atoms with E-state index in [4.69, 9.17) is 16.3 Å². The molecule has 1 saturated heterocycles. The summed E-state index contributed by atoms with van der Waals surface area (Å²) in [7, 11) is -3.45. The first-order valence-corrected chi connectivity index (χ1v) is 10.2. The minimum absolute atomic E-state index is 0.291. The molecule has 0 atom stereocenters. The topological polar surface area (TPSA) is 51.0 Å². The van der Waals surface area contributed by atoms with Gasteiger partial charge in [-0.2, -0.15) is 4.31 Å². The van der Waals surface area contributed by atoms with Gasteiger partial charge in [0.05, 0.1) is 42.6 Å². The van der Waals surface area contributed by atoms with Crippen LogP contribution in [0.15, 0.2) is 53.4 Å². The van der Waals surface area contributed by atoms with Gasteiger partial charge in [0.2, 0.25) is 10.0 Å². The normalized spacial score (nSPS) is 16.7. The molecule has 1 fully saturated rings. The number of piperazine rings is 1. The standard InChI is InChI=1S/C18H21ClN2O3S/c1-2-20-11-13-21(14-12-20)25(22,23)16-9-7-15(8-10-16)24-18-6-4-3-5-17(18)19/h3-10H,2,11-14H2,1H3/p+1. The number of benzene rings is 2. The fourth-order valence-electron chi connectivity index (χ4n) is 2.88. The average Bonchev–Trinajstić information content (AvgIpc) is 2.64. The van der Waals surface area contributed by atoms with Gasteiger partial charge in [0.15, 0.2) is 0 Å². The van der Waals surface area contributed by atoms with Crippen LogP contribution in [0.4, 0.5) is 0 Å². The summed E-state index contributed by atoms with van der Waals surface area (Å²) in [6.07, 6.45) is 0. The number of rotatable bonds is 5. The first-order chi connectivity index (χ1) is 12.0. The molecule has 2 aromatic rings. The molecule has 134 valence electrons. The van der Waals surface area contributed by atoms with E-state index in [1.54, 1.807) is 40.7 Å². The first kappa shape index (κ1) is 18.2. The van der Waals surface area contributed by atoms with Crippen molar-refractivity contribution in [3.63, 3.8) is 0 Å². The maximum absolute atomic E-state index is 12.8. The number of hydrogen-bond acceptors (Lipinski definition) is 3. The number of ether oxygens (including phenoxy) is 1. The predicted molar refractivity (Wildman–Crippen MR) is 98.0 cm³/mol. The largest absolute Gasteiger partial charge is 0.456 e. The summed E-state index contributed by atoms with van der Waals surface area (Å²) in [4.78, 5) is 1.73. The van der Waals surface area contributed by atoms with Gasteiger partial charge in [0.1, 0.15) is 11.5 Å². The van der Waals surface area contributed by atoms with Gasteiger partial charge in [-0.25, -0.2) is 8.42 Å². The summed E-state index contributed by atoms with van der Waals surface area (Å²) in [6.45, 7) is 5.97. The van der Waals surface area contributed by atoms with Gasteiger partial charge < -0.3 is 9.64 Å². The lowest BCUT2D eigenvalue weighted by Crippen LogP contribution is -3.14. The number of para-hydroxylation sites is 1. The van der Waals surface area contributed by atoms with Crippen molar-refractivity contribution < 1.29 is 18.1 Å². The molecule has 1 heterocycles. The van der Waals surface area contributed by atoms with E-state index in [-0.39, 0.29) is 0 Å². The van der Waals surface area contributed by atoms with Crippen LogP contribution in [0.2, 0.25) is 5.02 Å². The highest BCUT2D eigenvalue weighted by Crippen LogP contribution is 2.29. The van der Waals surface area contributed by atoms with Crippen LogP contribution in [0.3, 0.4) is 0 Å². The molecular formula is C18H22ClN2O3S+. The van der Waals surface area contributed by atoms with E-state index in [1.807, 2.05) is 12.1 Å². The van der Waals surface area contributed by atoms with Crippen molar-refractivity contribution >= 4 is 21.6 Å². The monoisotopic (exact) mass is 381 g/mol. The van der Waals surface area contributed by atoms with Crippen molar-refractivity contribution in [1.29, 1.82) is 0 Å². The smallest absolute Gasteiger partial charge is 0.243 e. The molecule has 3 rings (SSSR count). The Morgan fingerprint density at radius 1 is 1.08 bits per heavy atom. The number of halogens is 1. The Kier molecular flexibility index (Phi) is 5.64.